The van der Waals surface area contributed by atoms with Gasteiger partial charge >= 0.3 is 0 Å². The van der Waals surface area contributed by atoms with Gasteiger partial charge in [0.05, 0.1) is 0 Å². The summed E-state index contributed by atoms with van der Waals surface area (Å²) in [6.07, 6.45) is 0. The molecule has 0 radical (unpaired) electrons. The smallest absolute Gasteiger partial charge is 0.143 e. The molecule has 0 aliphatic carbocycles. The van der Waals surface area contributed by atoms with Gasteiger partial charge in [0.15, 0.2) is 0 Å². The van der Waals surface area contributed by atoms with Crippen molar-refractivity contribution in [3.05, 3.63) is 48.5 Å². The topological polar surface area (TPSA) is 13.1 Å². The van der Waals surface area contributed by atoms with Crippen molar-refractivity contribution in [2.24, 2.45) is 0 Å². The van der Waals surface area contributed by atoms with Crippen LogP contribution in [0.2, 0.25) is 0 Å². The van der Waals surface area contributed by atoms with Crippen LogP contribution in [0.15, 0.2) is 52.9 Å². The van der Waals surface area contributed by atoms with E-state index in [-0.39, 0.29) is 0 Å². The van der Waals surface area contributed by atoms with E-state index in [1.807, 2.05) is 0 Å². The Bertz CT molecular complexity index is 3450. The molecule has 0 spiro atoms. The molecule has 9 rings (SSSR count). The predicted octanol–water partition coefficient (Wildman–Crippen LogP) is -19.3. The third-order valence-electron chi connectivity index (χ3n) is 16.5. The average Bonchev–Trinajstić information content (AvgIpc) is 3.66. The van der Waals surface area contributed by atoms with Crippen molar-refractivity contribution in [3.8, 4) is 33.4 Å². The summed E-state index contributed by atoms with van der Waals surface area (Å²) in [7, 11) is 41.8. The molecule has 19 heteroatoms. The first-order valence-corrected chi connectivity index (χ1v) is 22.3. The molecular formula is C42H44B18O. The molecule has 0 aliphatic rings. The Labute approximate surface area is 378 Å². The van der Waals surface area contributed by atoms with Crippen molar-refractivity contribution >= 4 is 294 Å². The van der Waals surface area contributed by atoms with Gasteiger partial charge in [-0.25, -0.2) is 0 Å². The van der Waals surface area contributed by atoms with Crippen LogP contribution in [0.25, 0.3) is 87.6 Å². The molecular weight excluding hydrogens is 715 g/mol. The summed E-state index contributed by atoms with van der Waals surface area (Å²) in [5, 5.41) is 10.5. The van der Waals surface area contributed by atoms with E-state index < -0.39 is 0 Å². The van der Waals surface area contributed by atoms with Crippen LogP contribution in [-0.4, -0.2) is 141 Å². The van der Waals surface area contributed by atoms with E-state index >= 15 is 0 Å². The lowest BCUT2D eigenvalue weighted by atomic mass is 9.56. The van der Waals surface area contributed by atoms with Gasteiger partial charge in [0, 0.05) is 10.8 Å². The first-order valence-electron chi connectivity index (χ1n) is 22.3. The number of rotatable bonds is 3. The SMILES string of the molecule is Bc1c(B)c(-c2c3ccccc3c(-c3c(B)c(B)c4oc5c(B)c(B)c(B)c(B)c5c4c3B)c3ccccc23)c(B)c(-c2c(B)c(B)c(B)c3c(B)c(B)c(B)c(B)c23)c1B. The fourth-order valence-corrected chi connectivity index (χ4v) is 11.7. The van der Waals surface area contributed by atoms with Crippen LogP contribution in [0.3, 0.4) is 0 Å². The fourth-order valence-electron chi connectivity index (χ4n) is 11.7. The average molecular weight is 759 g/mol. The van der Waals surface area contributed by atoms with Crippen molar-refractivity contribution in [3.63, 3.8) is 0 Å². The molecule has 1 heterocycles. The molecule has 0 saturated carbocycles. The van der Waals surface area contributed by atoms with Gasteiger partial charge in [-0.15, -0.1) is 27.3 Å². The van der Waals surface area contributed by atoms with Gasteiger partial charge in [-0.05, 0) is 65.7 Å². The monoisotopic (exact) mass is 763 g/mol. The molecule has 0 saturated heterocycles. The lowest BCUT2D eigenvalue weighted by molar-refractivity contribution is 0.675. The molecule has 0 aliphatic heterocycles. The van der Waals surface area contributed by atoms with Crippen LogP contribution in [-0.2, 0) is 0 Å². The maximum Gasteiger partial charge on any atom is 0.143 e. The summed E-state index contributed by atoms with van der Waals surface area (Å²) in [6.45, 7) is 0. The highest BCUT2D eigenvalue weighted by Gasteiger charge is 2.28. The highest BCUT2D eigenvalue weighted by atomic mass is 16.3. The Kier molecular flexibility index (Phi) is 9.97. The predicted molar refractivity (Wildman–Crippen MR) is 330 cm³/mol. The van der Waals surface area contributed by atoms with Crippen LogP contribution >= 0.6 is 0 Å². The summed E-state index contributed by atoms with van der Waals surface area (Å²) in [4.78, 5) is 0. The van der Waals surface area contributed by atoms with Gasteiger partial charge in [-0.1, -0.05) is 120 Å². The quantitative estimate of drug-likeness (QED) is 0.129. The summed E-state index contributed by atoms with van der Waals surface area (Å²) in [6, 6.07) is 18.5. The third-order valence-corrected chi connectivity index (χ3v) is 16.5. The first kappa shape index (κ1) is 41.8. The first-order chi connectivity index (χ1) is 28.8. The van der Waals surface area contributed by atoms with E-state index in [1.165, 1.54) is 175 Å². The molecule has 0 fully saturated rings. The Hall–Kier alpha value is -4.49. The van der Waals surface area contributed by atoms with Crippen LogP contribution in [0.5, 0.6) is 0 Å². The fraction of sp³-hybridized carbons (Fsp3) is 0. The Morgan fingerprint density at radius 1 is 0.213 bits per heavy atom. The molecule has 9 aromatic rings. The van der Waals surface area contributed by atoms with E-state index in [0.717, 1.165) is 11.2 Å². The van der Waals surface area contributed by atoms with E-state index in [9.17, 15) is 0 Å². The number of fused-ring (bicyclic) bond motifs is 6. The molecule has 0 atom stereocenters. The van der Waals surface area contributed by atoms with Gasteiger partial charge in [0.1, 0.15) is 152 Å². The number of hydrogen-bond acceptors (Lipinski definition) is 1. The zero-order valence-electron chi connectivity index (χ0n) is 40.0. The maximum atomic E-state index is 6.91. The van der Waals surface area contributed by atoms with Crippen molar-refractivity contribution in [2.75, 3.05) is 0 Å². The molecule has 1 aromatic heterocycles. The lowest BCUT2D eigenvalue weighted by Crippen LogP contribution is -2.53. The third kappa shape index (κ3) is 5.53. The second-order valence-corrected chi connectivity index (χ2v) is 18.9. The number of hydrogen-bond donors (Lipinski definition) is 0. The molecule has 8 aromatic carbocycles. The summed E-state index contributed by atoms with van der Waals surface area (Å²) >= 11 is 0. The van der Waals surface area contributed by atoms with E-state index in [4.69, 9.17) is 4.42 Å². The molecule has 0 unspecified atom stereocenters. The largest absolute Gasteiger partial charge is 0.457 e. The standard InChI is InChI=1S/C42H44B18O/c43-23-17(27(47)34(54)28(48)19(23)15-16-20(29(49)33(53)25(15)45)30(50)36(56)35(55)26(16)46)13-9-5-1-3-7-11(9)14(12-8-4-2-6-10(12)13)18-24(44)21-22-32(52)37(57)38(58)40(60)42(22)61-41(21)39(59)31(18)51/h1-8H,43-60H2. The van der Waals surface area contributed by atoms with Gasteiger partial charge in [0.25, 0.3) is 0 Å². The van der Waals surface area contributed by atoms with Crippen molar-refractivity contribution in [1.82, 2.24) is 0 Å². The summed E-state index contributed by atoms with van der Waals surface area (Å²) < 4.78 is 6.91. The molecule has 1 nitrogen and oxygen atoms in total. The second-order valence-electron chi connectivity index (χ2n) is 18.9. The van der Waals surface area contributed by atoms with Crippen LogP contribution in [0.4, 0.5) is 0 Å². The Morgan fingerprint density at radius 3 is 0.951 bits per heavy atom. The van der Waals surface area contributed by atoms with Crippen molar-refractivity contribution in [2.45, 2.75) is 0 Å². The minimum absolute atomic E-state index is 1.02. The highest BCUT2D eigenvalue weighted by Crippen LogP contribution is 2.43. The Morgan fingerprint density at radius 2 is 0.492 bits per heavy atom. The van der Waals surface area contributed by atoms with Gasteiger partial charge < -0.3 is 4.42 Å². The number of benzene rings is 8. The van der Waals surface area contributed by atoms with E-state index in [0.29, 0.717) is 0 Å². The number of furan rings is 1. The molecule has 61 heavy (non-hydrogen) atoms. The lowest BCUT2D eigenvalue weighted by Gasteiger charge is -2.30. The molecule has 0 N–H and O–H groups in total. The van der Waals surface area contributed by atoms with Gasteiger partial charge in [-0.2, -0.15) is 0 Å². The summed E-state index contributed by atoms with van der Waals surface area (Å²) in [5.74, 6) is 0. The van der Waals surface area contributed by atoms with Crippen molar-refractivity contribution in [1.29, 1.82) is 0 Å². The normalized spacial score (nSPS) is 11.8. The molecule has 0 amide bonds. The minimum atomic E-state index is 1.02. The van der Waals surface area contributed by atoms with Crippen LogP contribution in [0.1, 0.15) is 0 Å². The summed E-state index contributed by atoms with van der Waals surface area (Å²) in [5.41, 5.74) is 34.5. The zero-order valence-corrected chi connectivity index (χ0v) is 40.0. The maximum absolute atomic E-state index is 6.91. The molecule has 0 bridgehead atoms. The zero-order chi connectivity index (χ0) is 44.0. The van der Waals surface area contributed by atoms with E-state index in [2.05, 4.69) is 190 Å². The van der Waals surface area contributed by atoms with E-state index in [1.54, 1.807) is 0 Å². The Balaban J connectivity index is 1.46. The van der Waals surface area contributed by atoms with Crippen LogP contribution < -0.4 is 98.3 Å². The van der Waals surface area contributed by atoms with Gasteiger partial charge in [-0.3, -0.25) is 0 Å². The highest BCUT2D eigenvalue weighted by molar-refractivity contribution is 6.74. The van der Waals surface area contributed by atoms with Crippen molar-refractivity contribution < 1.29 is 4.42 Å². The van der Waals surface area contributed by atoms with Gasteiger partial charge in [0.2, 0.25) is 0 Å². The minimum Gasteiger partial charge on any atom is -0.457 e. The second kappa shape index (κ2) is 14.5. The van der Waals surface area contributed by atoms with Crippen LogP contribution in [0, 0.1) is 0 Å². The molecule has 272 valence electrons.